The van der Waals surface area contributed by atoms with E-state index in [0.717, 1.165) is 49.3 Å². The van der Waals surface area contributed by atoms with Gasteiger partial charge in [0.25, 0.3) is 0 Å². The fraction of sp³-hybridized carbons (Fsp3) is 0.615. The van der Waals surface area contributed by atoms with Crippen LogP contribution >= 0.6 is 15.6 Å². The molecule has 2 heterocycles. The average molecular weight is 1080 g/mol. The van der Waals surface area contributed by atoms with Crippen molar-refractivity contribution in [2.75, 3.05) is 25.6 Å². The van der Waals surface area contributed by atoms with Crippen molar-refractivity contribution in [2.45, 2.75) is 185 Å². The van der Waals surface area contributed by atoms with Crippen LogP contribution in [0.3, 0.4) is 0 Å². The van der Waals surface area contributed by atoms with Crippen LogP contribution in [0.4, 0.5) is 5.82 Å². The third-order valence-electron chi connectivity index (χ3n) is 11.2. The summed E-state index contributed by atoms with van der Waals surface area (Å²) < 4.78 is 56.5. The molecular formula is C52H83N3O17P2. The molecule has 20 nitrogen and oxygen atoms in total. The van der Waals surface area contributed by atoms with Crippen molar-refractivity contribution in [2.24, 2.45) is 0 Å². The highest BCUT2D eigenvalue weighted by molar-refractivity contribution is 7.61. The second-order valence-corrected chi connectivity index (χ2v) is 20.6. The Bertz CT molecular complexity index is 2110. The molecule has 2 rings (SSSR count). The van der Waals surface area contributed by atoms with Crippen molar-refractivity contribution in [1.82, 2.24) is 9.55 Å². The number of esters is 2. The number of phosphoric ester groups is 2. The number of ether oxygens (including phenoxy) is 3. The number of carbonyl (C=O) groups is 2. The molecule has 74 heavy (non-hydrogen) atoms. The predicted octanol–water partition coefficient (Wildman–Crippen LogP) is 8.61. The molecule has 1 aromatic heterocycles. The summed E-state index contributed by atoms with van der Waals surface area (Å²) in [6.07, 6.45) is 34.0. The second-order valence-electron chi connectivity index (χ2n) is 17.6. The summed E-state index contributed by atoms with van der Waals surface area (Å²) in [6.45, 7) is 1.69. The number of nitrogens with two attached hydrogens (primary N) is 1. The number of allylic oxidation sites excluding steroid dienone is 13. The summed E-state index contributed by atoms with van der Waals surface area (Å²) in [5.41, 5.74) is 4.56. The van der Waals surface area contributed by atoms with E-state index in [1.807, 2.05) is 30.4 Å². The Hall–Kier alpha value is -4.14. The first kappa shape index (κ1) is 66.0. The summed E-state index contributed by atoms with van der Waals surface area (Å²) in [4.78, 5) is 62.0. The molecule has 1 aliphatic rings. The van der Waals surface area contributed by atoms with Crippen molar-refractivity contribution in [3.63, 3.8) is 0 Å². The van der Waals surface area contributed by atoms with Crippen LogP contribution in [0.25, 0.3) is 0 Å². The van der Waals surface area contributed by atoms with Crippen LogP contribution in [-0.4, -0.2) is 108 Å². The van der Waals surface area contributed by atoms with Gasteiger partial charge in [-0.1, -0.05) is 131 Å². The first-order valence-electron chi connectivity index (χ1n) is 25.8. The minimum atomic E-state index is -5.52. The van der Waals surface area contributed by atoms with Crippen LogP contribution < -0.4 is 11.4 Å². The van der Waals surface area contributed by atoms with Gasteiger partial charge in [-0.2, -0.15) is 9.29 Å². The van der Waals surface area contributed by atoms with E-state index in [4.69, 9.17) is 29.0 Å². The summed E-state index contributed by atoms with van der Waals surface area (Å²) in [5.74, 6) is -1.67. The molecule has 1 aromatic rings. The van der Waals surface area contributed by atoms with E-state index >= 15 is 0 Å². The molecular weight excluding hydrogens is 1000 g/mol. The van der Waals surface area contributed by atoms with Gasteiger partial charge in [0.1, 0.15) is 30.7 Å². The zero-order chi connectivity index (χ0) is 54.5. The van der Waals surface area contributed by atoms with Crippen LogP contribution in [-0.2, 0) is 46.3 Å². The number of aliphatic hydroxyl groups is 4. The molecule has 418 valence electrons. The first-order chi connectivity index (χ1) is 35.5. The second kappa shape index (κ2) is 39.3. The Kier molecular flexibility index (Phi) is 35.0. The molecule has 0 spiro atoms. The lowest BCUT2D eigenvalue weighted by Gasteiger charge is -2.22. The van der Waals surface area contributed by atoms with Crippen molar-refractivity contribution in [1.29, 1.82) is 0 Å². The minimum absolute atomic E-state index is 0.0103. The van der Waals surface area contributed by atoms with Crippen molar-refractivity contribution >= 4 is 33.4 Å². The van der Waals surface area contributed by atoms with Gasteiger partial charge in [-0.15, -0.1) is 0 Å². The van der Waals surface area contributed by atoms with E-state index in [1.54, 1.807) is 6.08 Å². The summed E-state index contributed by atoms with van der Waals surface area (Å²) in [7, 11) is -11.0. The number of aromatic nitrogens is 2. The zero-order valence-corrected chi connectivity index (χ0v) is 44.9. The van der Waals surface area contributed by atoms with Crippen LogP contribution in [0, 0.1) is 0 Å². The van der Waals surface area contributed by atoms with E-state index < -0.39 is 95.9 Å². The molecule has 2 unspecified atom stereocenters. The molecule has 22 heteroatoms. The molecule has 9 atom stereocenters. The fourth-order valence-electron chi connectivity index (χ4n) is 7.06. The maximum absolute atomic E-state index is 12.9. The van der Waals surface area contributed by atoms with E-state index in [1.165, 1.54) is 44.6 Å². The highest BCUT2D eigenvalue weighted by Crippen LogP contribution is 2.60. The molecule has 0 radical (unpaired) electrons. The molecule has 8 N–H and O–H groups in total. The van der Waals surface area contributed by atoms with Crippen LogP contribution in [0.5, 0.6) is 0 Å². The number of phosphoric acid groups is 2. The van der Waals surface area contributed by atoms with Gasteiger partial charge in [-0.3, -0.25) is 23.2 Å². The standard InChI is InChI=1S/C52H83N3O17P2/c1-3-5-7-9-11-13-15-17-18-19-20-21-23-25-27-29-31-35-47(58)67-39-42(70-48(59)36-32-34-44(57)43(56)33-30-28-26-24-22-16-14-12-10-8-6-4-2)40-68-73(63,64)72-74(65,66)69-41-45-49(60)50(61)51(71-45)55-38-37-46(53)54-52(55)62/h6,8,12,14,17-18,20-22,24-25,27-28,30,37-38,42-45,49-51,56-57,60-61H,3-5,7,9-11,13,15-16,19,23,26,29,31-36,39-41H2,1-2H3,(H,63,64)(H,65,66)(H2,53,54,62)/b8-6-,14-12-,18-17-,21-20-,24-22-,27-25-,30-28-/t42-,43-,44-,45-,49-,50-,51-/m1/s1. The molecule has 1 saturated heterocycles. The predicted molar refractivity (Wildman–Crippen MR) is 282 cm³/mol. The number of hydrogen-bond acceptors (Lipinski definition) is 17. The summed E-state index contributed by atoms with van der Waals surface area (Å²) in [5, 5.41) is 41.8. The average Bonchev–Trinajstić information content (AvgIpc) is 3.63. The number of carbonyl (C=O) groups excluding carboxylic acids is 2. The summed E-state index contributed by atoms with van der Waals surface area (Å²) in [6, 6.07) is 1.23. The molecule has 0 amide bonds. The fourth-order valence-corrected chi connectivity index (χ4v) is 9.17. The van der Waals surface area contributed by atoms with E-state index in [9.17, 15) is 53.7 Å². The Morgan fingerprint density at radius 2 is 1.27 bits per heavy atom. The van der Waals surface area contributed by atoms with Crippen molar-refractivity contribution in [3.05, 3.63) is 108 Å². The highest BCUT2D eigenvalue weighted by atomic mass is 31.3. The van der Waals surface area contributed by atoms with Gasteiger partial charge < -0.3 is 50.2 Å². The van der Waals surface area contributed by atoms with Gasteiger partial charge in [-0.25, -0.2) is 13.9 Å². The number of nitrogen functional groups attached to an aromatic ring is 1. The molecule has 1 fully saturated rings. The molecule has 0 bridgehead atoms. The molecule has 0 aromatic carbocycles. The van der Waals surface area contributed by atoms with E-state index in [2.05, 4.69) is 71.8 Å². The maximum atomic E-state index is 12.9. The largest absolute Gasteiger partial charge is 0.481 e. The SMILES string of the molecule is CC/C=C\C/C=C\C/C=C\C/C=C\C[C@@H](O)[C@H](O)CCCC(=O)O[C@H](COC(=O)CCC/C=C\C/C=C\C/C=C\CCCCCCCC)COP(=O)(O)OP(=O)(O)OC[C@H]1O[C@@H](n2ccc(N)nc2=O)[C@H](O)[C@@H]1O. The van der Waals surface area contributed by atoms with Crippen LogP contribution in [0.1, 0.15) is 148 Å². The topological polar surface area (TPSA) is 306 Å². The van der Waals surface area contributed by atoms with Crippen molar-refractivity contribution in [3.8, 4) is 0 Å². The van der Waals surface area contributed by atoms with E-state index in [0.29, 0.717) is 19.3 Å². The quantitative estimate of drug-likeness (QED) is 0.0140. The van der Waals surface area contributed by atoms with Gasteiger partial charge in [0.05, 0.1) is 25.4 Å². The summed E-state index contributed by atoms with van der Waals surface area (Å²) >= 11 is 0. The lowest BCUT2D eigenvalue weighted by molar-refractivity contribution is -0.161. The Morgan fingerprint density at radius 1 is 0.716 bits per heavy atom. The Balaban J connectivity index is 1.89. The monoisotopic (exact) mass is 1080 g/mol. The van der Waals surface area contributed by atoms with Gasteiger partial charge in [0.15, 0.2) is 12.3 Å². The van der Waals surface area contributed by atoms with Gasteiger partial charge in [0, 0.05) is 19.0 Å². The lowest BCUT2D eigenvalue weighted by Crippen LogP contribution is -2.36. The third kappa shape index (κ3) is 31.0. The number of hydrogen-bond donors (Lipinski definition) is 7. The normalized spacial score (nSPS) is 20.4. The van der Waals surface area contributed by atoms with Gasteiger partial charge >= 0.3 is 33.3 Å². The van der Waals surface area contributed by atoms with Crippen LogP contribution in [0.15, 0.2) is 102 Å². The number of unbranched alkanes of at least 4 members (excludes halogenated alkanes) is 7. The Labute approximate surface area is 436 Å². The smallest absolute Gasteiger partial charge is 0.462 e. The molecule has 0 aliphatic carbocycles. The van der Waals surface area contributed by atoms with E-state index in [-0.39, 0.29) is 37.9 Å². The number of nitrogens with zero attached hydrogens (tertiary/aromatic N) is 2. The number of aliphatic hydroxyl groups excluding tert-OH is 4. The number of anilines is 1. The third-order valence-corrected chi connectivity index (χ3v) is 13.8. The molecule has 0 saturated carbocycles. The highest BCUT2D eigenvalue weighted by Gasteiger charge is 2.46. The lowest BCUT2D eigenvalue weighted by atomic mass is 10.0. The Morgan fingerprint density at radius 3 is 1.89 bits per heavy atom. The molecule has 1 aliphatic heterocycles. The van der Waals surface area contributed by atoms with Gasteiger partial charge in [-0.05, 0) is 89.5 Å². The van der Waals surface area contributed by atoms with Crippen molar-refractivity contribution < 1.29 is 76.5 Å². The van der Waals surface area contributed by atoms with Crippen LogP contribution in [0.2, 0.25) is 0 Å². The minimum Gasteiger partial charge on any atom is -0.462 e. The number of rotatable bonds is 41. The van der Waals surface area contributed by atoms with Gasteiger partial charge in [0.2, 0.25) is 0 Å². The first-order valence-corrected chi connectivity index (χ1v) is 28.8. The maximum Gasteiger partial charge on any atom is 0.481 e. The zero-order valence-electron chi connectivity index (χ0n) is 43.1.